The molecule has 0 aliphatic heterocycles. The van der Waals surface area contributed by atoms with Gasteiger partial charge in [0, 0.05) is 38.9 Å². The van der Waals surface area contributed by atoms with Crippen molar-refractivity contribution in [3.63, 3.8) is 0 Å². The number of hydrogen-bond acceptors (Lipinski definition) is 6. The van der Waals surface area contributed by atoms with Crippen LogP contribution in [0.4, 0.5) is 0 Å². The standard InChI is InChI=1S/C22H36NO6PS/c1-28-15-7-17-31-18-21(24)20-11-8-19(9-12-20)10-13-22(25)23-14-5-3-4-6-16-29-30(2,26)27/h8-9,11-12H,3-7,10,13-18H2,1-2H3,(H,23,25)(H,26,27). The minimum absolute atomic E-state index is 0.0168. The number of nitrogens with one attached hydrogen (secondary N) is 1. The van der Waals surface area contributed by atoms with Crippen LogP contribution in [0.2, 0.25) is 0 Å². The summed E-state index contributed by atoms with van der Waals surface area (Å²) in [6.45, 7) is 2.81. The number of methoxy groups -OCH3 is 1. The summed E-state index contributed by atoms with van der Waals surface area (Å²) in [5.41, 5.74) is 1.75. The van der Waals surface area contributed by atoms with E-state index in [0.29, 0.717) is 37.3 Å². The van der Waals surface area contributed by atoms with E-state index in [1.807, 2.05) is 24.3 Å². The van der Waals surface area contributed by atoms with Crippen LogP contribution in [-0.4, -0.2) is 61.6 Å². The summed E-state index contributed by atoms with van der Waals surface area (Å²) in [5.74, 6) is 1.52. The second-order valence-corrected chi connectivity index (χ2v) is 10.4. The molecule has 1 aromatic carbocycles. The molecule has 0 aromatic heterocycles. The normalized spacial score (nSPS) is 13.0. The molecule has 1 amide bonds. The molecular weight excluding hydrogens is 437 g/mol. The number of rotatable bonds is 18. The van der Waals surface area contributed by atoms with Crippen molar-refractivity contribution >= 4 is 31.0 Å². The van der Waals surface area contributed by atoms with E-state index < -0.39 is 7.60 Å². The van der Waals surface area contributed by atoms with Gasteiger partial charge in [0.05, 0.1) is 12.4 Å². The fourth-order valence-corrected chi connectivity index (χ4v) is 4.09. The molecule has 0 radical (unpaired) electrons. The van der Waals surface area contributed by atoms with E-state index in [4.69, 9.17) is 14.2 Å². The van der Waals surface area contributed by atoms with Crippen LogP contribution in [0.25, 0.3) is 0 Å². The van der Waals surface area contributed by atoms with Gasteiger partial charge in [0.2, 0.25) is 5.91 Å². The number of benzene rings is 1. The molecule has 0 saturated heterocycles. The first kappa shape index (κ1) is 27.9. The summed E-state index contributed by atoms with van der Waals surface area (Å²) in [6.07, 6.45) is 5.43. The van der Waals surface area contributed by atoms with Crippen molar-refractivity contribution < 1.29 is 28.3 Å². The molecular formula is C22H36NO6PS. The monoisotopic (exact) mass is 473 g/mol. The molecule has 0 aliphatic carbocycles. The van der Waals surface area contributed by atoms with Gasteiger partial charge < -0.3 is 19.5 Å². The number of ether oxygens (including phenoxy) is 1. The van der Waals surface area contributed by atoms with Crippen LogP contribution in [0.15, 0.2) is 24.3 Å². The molecule has 0 aliphatic rings. The smallest absolute Gasteiger partial charge is 0.325 e. The Hall–Kier alpha value is -1.18. The maximum absolute atomic E-state index is 12.2. The van der Waals surface area contributed by atoms with E-state index in [9.17, 15) is 14.2 Å². The number of carbonyl (C=O) groups excluding carboxylic acids is 2. The highest BCUT2D eigenvalue weighted by molar-refractivity contribution is 7.99. The largest absolute Gasteiger partial charge is 0.385 e. The molecule has 1 aromatic rings. The molecule has 9 heteroatoms. The molecule has 0 saturated carbocycles. The Morgan fingerprint density at radius 2 is 1.77 bits per heavy atom. The average Bonchev–Trinajstić information content (AvgIpc) is 2.73. The molecule has 0 spiro atoms. The second-order valence-electron chi connectivity index (χ2n) is 7.42. The van der Waals surface area contributed by atoms with Crippen LogP contribution in [-0.2, 0) is 25.0 Å². The summed E-state index contributed by atoms with van der Waals surface area (Å²) in [7, 11) is -1.69. The zero-order valence-electron chi connectivity index (χ0n) is 18.6. The third-order valence-corrected chi connectivity index (χ3v) is 6.22. The summed E-state index contributed by atoms with van der Waals surface area (Å²) in [6, 6.07) is 7.51. The van der Waals surface area contributed by atoms with E-state index >= 15 is 0 Å². The molecule has 1 atom stereocenters. The Bertz CT molecular complexity index is 692. The lowest BCUT2D eigenvalue weighted by molar-refractivity contribution is -0.121. The van der Waals surface area contributed by atoms with Crippen LogP contribution in [0.3, 0.4) is 0 Å². The third kappa shape index (κ3) is 15.3. The van der Waals surface area contributed by atoms with Crippen molar-refractivity contribution in [2.45, 2.75) is 44.9 Å². The lowest BCUT2D eigenvalue weighted by Gasteiger charge is -2.07. The van der Waals surface area contributed by atoms with Gasteiger partial charge in [-0.2, -0.15) is 11.8 Å². The molecule has 176 valence electrons. The first-order valence-corrected chi connectivity index (χ1v) is 13.9. The van der Waals surface area contributed by atoms with Crippen molar-refractivity contribution in [3.05, 3.63) is 35.4 Å². The molecule has 7 nitrogen and oxygen atoms in total. The number of ketones is 1. The molecule has 0 heterocycles. The minimum atomic E-state index is -3.37. The second kappa shape index (κ2) is 16.5. The molecule has 1 rings (SSSR count). The van der Waals surface area contributed by atoms with Crippen molar-refractivity contribution in [2.75, 3.05) is 45.0 Å². The SMILES string of the molecule is COCCCSCC(=O)c1ccc(CCC(=O)NCCCCCCOP(C)(=O)O)cc1. The zero-order valence-corrected chi connectivity index (χ0v) is 20.3. The number of Topliss-reactive ketones (excluding diaryl/α,β-unsaturated/α-hetero) is 1. The maximum Gasteiger partial charge on any atom is 0.325 e. The predicted octanol–water partition coefficient (Wildman–Crippen LogP) is 4.08. The predicted molar refractivity (Wildman–Crippen MR) is 126 cm³/mol. The number of carbonyl (C=O) groups is 2. The summed E-state index contributed by atoms with van der Waals surface area (Å²) < 4.78 is 20.8. The van der Waals surface area contributed by atoms with Crippen LogP contribution in [0.5, 0.6) is 0 Å². The minimum Gasteiger partial charge on any atom is -0.385 e. The van der Waals surface area contributed by atoms with Crippen LogP contribution in [0, 0.1) is 0 Å². The Morgan fingerprint density at radius 1 is 1.06 bits per heavy atom. The fraction of sp³-hybridized carbons (Fsp3) is 0.636. The summed E-state index contributed by atoms with van der Waals surface area (Å²) in [5, 5.41) is 2.91. The van der Waals surface area contributed by atoms with Crippen molar-refractivity contribution in [1.82, 2.24) is 5.32 Å². The Kier molecular flexibility index (Phi) is 14.8. The highest BCUT2D eigenvalue weighted by Crippen LogP contribution is 2.36. The molecule has 1 unspecified atom stereocenters. The number of hydrogen-bond donors (Lipinski definition) is 2. The summed E-state index contributed by atoms with van der Waals surface area (Å²) in [4.78, 5) is 33.2. The average molecular weight is 474 g/mol. The Labute approximate surface area is 190 Å². The van der Waals surface area contributed by atoms with E-state index in [0.717, 1.165) is 43.4 Å². The highest BCUT2D eigenvalue weighted by atomic mass is 32.2. The molecule has 0 fully saturated rings. The van der Waals surface area contributed by atoms with E-state index in [2.05, 4.69) is 5.32 Å². The van der Waals surface area contributed by atoms with Gasteiger partial charge in [-0.25, -0.2) is 0 Å². The lowest BCUT2D eigenvalue weighted by atomic mass is 10.1. The van der Waals surface area contributed by atoms with Crippen molar-refractivity contribution in [1.29, 1.82) is 0 Å². The van der Waals surface area contributed by atoms with Gasteiger partial charge in [-0.15, -0.1) is 0 Å². The van der Waals surface area contributed by atoms with Crippen molar-refractivity contribution in [3.8, 4) is 0 Å². The number of unbranched alkanes of at least 4 members (excludes halogenated alkanes) is 3. The quantitative estimate of drug-likeness (QED) is 0.188. The number of aryl methyl sites for hydroxylation is 1. The van der Waals surface area contributed by atoms with Gasteiger partial charge in [0.1, 0.15) is 0 Å². The molecule has 2 N–H and O–H groups in total. The van der Waals surface area contributed by atoms with Gasteiger partial charge in [-0.3, -0.25) is 14.2 Å². The maximum atomic E-state index is 12.2. The van der Waals surface area contributed by atoms with Gasteiger partial charge in [-0.1, -0.05) is 37.1 Å². The lowest BCUT2D eigenvalue weighted by Crippen LogP contribution is -2.24. The van der Waals surface area contributed by atoms with Gasteiger partial charge in [0.25, 0.3) is 0 Å². The van der Waals surface area contributed by atoms with E-state index in [-0.39, 0.29) is 18.3 Å². The first-order valence-electron chi connectivity index (χ1n) is 10.7. The Balaban J connectivity index is 2.12. The fourth-order valence-electron chi connectivity index (χ4n) is 2.80. The van der Waals surface area contributed by atoms with Gasteiger partial charge >= 0.3 is 7.60 Å². The van der Waals surface area contributed by atoms with E-state index in [1.165, 1.54) is 6.66 Å². The third-order valence-electron chi connectivity index (χ3n) is 4.51. The van der Waals surface area contributed by atoms with Crippen LogP contribution < -0.4 is 5.32 Å². The zero-order chi connectivity index (χ0) is 23.0. The first-order chi connectivity index (χ1) is 14.8. The van der Waals surface area contributed by atoms with Crippen molar-refractivity contribution in [2.24, 2.45) is 0 Å². The molecule has 31 heavy (non-hydrogen) atoms. The van der Waals surface area contributed by atoms with Crippen LogP contribution in [0.1, 0.15) is 54.4 Å². The number of thioether (sulfide) groups is 1. The molecule has 0 bridgehead atoms. The highest BCUT2D eigenvalue weighted by Gasteiger charge is 2.09. The van der Waals surface area contributed by atoms with Gasteiger partial charge in [0.15, 0.2) is 5.78 Å². The van der Waals surface area contributed by atoms with E-state index in [1.54, 1.807) is 18.9 Å². The van der Waals surface area contributed by atoms with Crippen LogP contribution >= 0.6 is 19.4 Å². The summed E-state index contributed by atoms with van der Waals surface area (Å²) >= 11 is 1.62. The number of amides is 1. The van der Waals surface area contributed by atoms with Gasteiger partial charge in [-0.05, 0) is 37.0 Å². The topological polar surface area (TPSA) is 102 Å². The Morgan fingerprint density at radius 3 is 2.45 bits per heavy atom.